The van der Waals surface area contributed by atoms with Crippen molar-refractivity contribution in [2.45, 2.75) is 33.2 Å². The Morgan fingerprint density at radius 2 is 1.93 bits per heavy atom. The molecule has 5 heteroatoms. The average Bonchev–Trinajstić information content (AvgIpc) is 2.66. The quantitative estimate of drug-likeness (QED) is 0.288. The number of allylic oxidation sites excluding steroid dienone is 1. The van der Waals surface area contributed by atoms with Crippen molar-refractivity contribution in [1.82, 2.24) is 10.6 Å². The van der Waals surface area contributed by atoms with Crippen LogP contribution in [-0.2, 0) is 6.54 Å². The predicted molar refractivity (Wildman–Crippen MR) is 113 cm³/mol. The fourth-order valence-corrected chi connectivity index (χ4v) is 2.54. The molecule has 1 amide bonds. The Kier molecular flexibility index (Phi) is 7.62. The molecule has 27 heavy (non-hydrogen) atoms. The Morgan fingerprint density at radius 1 is 1.19 bits per heavy atom. The van der Waals surface area contributed by atoms with Gasteiger partial charge in [0.25, 0.3) is 5.91 Å². The van der Waals surface area contributed by atoms with Crippen LogP contribution in [0.25, 0.3) is 0 Å². The zero-order chi connectivity index (χ0) is 19.6. The first-order valence-corrected chi connectivity index (χ1v) is 9.20. The van der Waals surface area contributed by atoms with Gasteiger partial charge < -0.3 is 16.4 Å². The molecule has 142 valence electrons. The minimum atomic E-state index is -0.158. The molecule has 4 N–H and O–H groups in total. The summed E-state index contributed by atoms with van der Waals surface area (Å²) in [5.74, 6) is 0.527. The molecule has 0 unspecified atom stereocenters. The van der Waals surface area contributed by atoms with E-state index in [4.69, 9.17) is 5.73 Å². The molecule has 2 rings (SSSR count). The second-order valence-corrected chi connectivity index (χ2v) is 6.46. The van der Waals surface area contributed by atoms with Gasteiger partial charge in [-0.25, -0.2) is 0 Å². The Morgan fingerprint density at radius 3 is 2.56 bits per heavy atom. The molecule has 0 aliphatic rings. The number of nitrogens with one attached hydrogen (secondary N) is 2. The normalized spacial score (nSPS) is 11.1. The van der Waals surface area contributed by atoms with Gasteiger partial charge in [-0.3, -0.25) is 9.79 Å². The van der Waals surface area contributed by atoms with Crippen LogP contribution >= 0.6 is 0 Å². The molecule has 0 saturated heterocycles. The summed E-state index contributed by atoms with van der Waals surface area (Å²) >= 11 is 0. The fraction of sp³-hybridized carbons (Fsp3) is 0.273. The van der Waals surface area contributed by atoms with Crippen molar-refractivity contribution in [3.05, 3.63) is 77.5 Å². The third-order valence-corrected chi connectivity index (χ3v) is 3.98. The van der Waals surface area contributed by atoms with Crippen LogP contribution in [0.1, 0.15) is 48.2 Å². The number of hydrogen-bond acceptors (Lipinski definition) is 3. The first-order valence-electron chi connectivity index (χ1n) is 9.20. The van der Waals surface area contributed by atoms with Gasteiger partial charge in [0.15, 0.2) is 0 Å². The van der Waals surface area contributed by atoms with Crippen molar-refractivity contribution in [2.75, 3.05) is 12.3 Å². The highest BCUT2D eigenvalue weighted by Crippen LogP contribution is 2.16. The number of amides is 1. The van der Waals surface area contributed by atoms with Crippen molar-refractivity contribution in [3.63, 3.8) is 0 Å². The SMILES string of the molecule is C=C(C)NC(=NCCCC)c1ccc(C(=O)NCc2ccccc2)cc1N. The smallest absolute Gasteiger partial charge is 0.251 e. The number of benzene rings is 2. The van der Waals surface area contributed by atoms with Gasteiger partial charge in [-0.1, -0.05) is 50.3 Å². The van der Waals surface area contributed by atoms with Crippen LogP contribution in [-0.4, -0.2) is 18.3 Å². The maximum Gasteiger partial charge on any atom is 0.251 e. The molecule has 0 fully saturated rings. The Balaban J connectivity index is 2.13. The van der Waals surface area contributed by atoms with E-state index >= 15 is 0 Å². The number of carbonyl (C=O) groups excluding carboxylic acids is 1. The molecule has 0 aliphatic carbocycles. The maximum atomic E-state index is 12.4. The van der Waals surface area contributed by atoms with E-state index in [1.807, 2.05) is 43.3 Å². The summed E-state index contributed by atoms with van der Waals surface area (Å²) in [6, 6.07) is 15.1. The molecule has 5 nitrogen and oxygen atoms in total. The van der Waals surface area contributed by atoms with Crippen LogP contribution in [0.3, 0.4) is 0 Å². The van der Waals surface area contributed by atoms with Crippen LogP contribution in [0, 0.1) is 0 Å². The van der Waals surface area contributed by atoms with E-state index in [1.54, 1.807) is 12.1 Å². The first kappa shape index (κ1) is 20.2. The van der Waals surface area contributed by atoms with Crippen LogP contribution in [0.5, 0.6) is 0 Å². The number of unbranched alkanes of at least 4 members (excludes halogenated alkanes) is 1. The minimum Gasteiger partial charge on any atom is -0.398 e. The molecule has 0 aliphatic heterocycles. The molecular formula is C22H28N4O. The number of hydrogen-bond donors (Lipinski definition) is 3. The molecule has 2 aromatic carbocycles. The summed E-state index contributed by atoms with van der Waals surface area (Å²) in [6.45, 7) is 9.06. The van der Waals surface area contributed by atoms with E-state index in [0.29, 0.717) is 30.2 Å². The maximum absolute atomic E-state index is 12.4. The van der Waals surface area contributed by atoms with E-state index in [1.165, 1.54) is 0 Å². The molecule has 0 atom stereocenters. The topological polar surface area (TPSA) is 79.5 Å². The molecule has 0 bridgehead atoms. The highest BCUT2D eigenvalue weighted by atomic mass is 16.1. The Bertz CT molecular complexity index is 812. The third-order valence-electron chi connectivity index (χ3n) is 3.98. The lowest BCUT2D eigenvalue weighted by Crippen LogP contribution is -2.25. The van der Waals surface area contributed by atoms with Crippen molar-refractivity contribution < 1.29 is 4.79 Å². The predicted octanol–water partition coefficient (Wildman–Crippen LogP) is 3.87. The highest BCUT2D eigenvalue weighted by Gasteiger charge is 2.12. The number of anilines is 1. The lowest BCUT2D eigenvalue weighted by Gasteiger charge is -2.13. The number of nitrogen functional groups attached to an aromatic ring is 1. The van der Waals surface area contributed by atoms with Crippen molar-refractivity contribution >= 4 is 17.4 Å². The third kappa shape index (κ3) is 6.29. The van der Waals surface area contributed by atoms with Gasteiger partial charge in [-0.2, -0.15) is 0 Å². The molecule has 0 spiro atoms. The van der Waals surface area contributed by atoms with Crippen molar-refractivity contribution in [3.8, 4) is 0 Å². The number of nitrogens with two attached hydrogens (primary N) is 1. The summed E-state index contributed by atoms with van der Waals surface area (Å²) in [4.78, 5) is 17.0. The van der Waals surface area contributed by atoms with Gasteiger partial charge in [0, 0.05) is 35.6 Å². The summed E-state index contributed by atoms with van der Waals surface area (Å²) in [5, 5.41) is 6.08. The Labute approximate surface area is 161 Å². The fourth-order valence-electron chi connectivity index (χ4n) is 2.54. The Hall–Kier alpha value is -3.08. The highest BCUT2D eigenvalue weighted by molar-refractivity contribution is 6.05. The van der Waals surface area contributed by atoms with Gasteiger partial charge >= 0.3 is 0 Å². The molecule has 0 saturated carbocycles. The van der Waals surface area contributed by atoms with Crippen LogP contribution in [0.4, 0.5) is 5.69 Å². The zero-order valence-corrected chi connectivity index (χ0v) is 16.1. The second kappa shape index (κ2) is 10.2. The van der Waals surface area contributed by atoms with Gasteiger partial charge in [0.1, 0.15) is 5.84 Å². The largest absolute Gasteiger partial charge is 0.398 e. The van der Waals surface area contributed by atoms with E-state index in [9.17, 15) is 4.79 Å². The van der Waals surface area contributed by atoms with Crippen molar-refractivity contribution in [2.24, 2.45) is 4.99 Å². The molecule has 0 aromatic heterocycles. The number of amidine groups is 1. The zero-order valence-electron chi connectivity index (χ0n) is 16.1. The molecule has 0 heterocycles. The summed E-state index contributed by atoms with van der Waals surface area (Å²) < 4.78 is 0. The van der Waals surface area contributed by atoms with Crippen LogP contribution < -0.4 is 16.4 Å². The van der Waals surface area contributed by atoms with Crippen LogP contribution in [0.2, 0.25) is 0 Å². The second-order valence-electron chi connectivity index (χ2n) is 6.46. The summed E-state index contributed by atoms with van der Waals surface area (Å²) in [6.07, 6.45) is 2.07. The number of carbonyl (C=O) groups is 1. The van der Waals surface area contributed by atoms with Gasteiger partial charge in [-0.15, -0.1) is 0 Å². The van der Waals surface area contributed by atoms with Gasteiger partial charge in [0.05, 0.1) is 0 Å². The molecular weight excluding hydrogens is 336 g/mol. The van der Waals surface area contributed by atoms with E-state index in [2.05, 4.69) is 29.1 Å². The van der Waals surface area contributed by atoms with E-state index < -0.39 is 0 Å². The minimum absolute atomic E-state index is 0.158. The monoisotopic (exact) mass is 364 g/mol. The first-order chi connectivity index (χ1) is 13.0. The van der Waals surface area contributed by atoms with E-state index in [-0.39, 0.29) is 5.91 Å². The number of aliphatic imine (C=N–C) groups is 1. The van der Waals surface area contributed by atoms with Crippen LogP contribution in [0.15, 0.2) is 65.8 Å². The standard InChI is InChI=1S/C22H28N4O/c1-4-5-13-24-21(26-16(2)3)19-12-11-18(14-20(19)23)22(27)25-15-17-9-7-6-8-10-17/h6-12,14H,2,4-5,13,15,23H2,1,3H3,(H,24,26)(H,25,27). The molecule has 0 radical (unpaired) electrons. The van der Waals surface area contributed by atoms with E-state index in [0.717, 1.165) is 29.7 Å². The van der Waals surface area contributed by atoms with Gasteiger partial charge in [-0.05, 0) is 37.1 Å². The number of rotatable bonds is 8. The lowest BCUT2D eigenvalue weighted by atomic mass is 10.1. The lowest BCUT2D eigenvalue weighted by molar-refractivity contribution is 0.0951. The number of nitrogens with zero attached hydrogens (tertiary/aromatic N) is 1. The summed E-state index contributed by atoms with van der Waals surface area (Å²) in [5.41, 5.74) is 9.85. The van der Waals surface area contributed by atoms with Crippen molar-refractivity contribution in [1.29, 1.82) is 0 Å². The van der Waals surface area contributed by atoms with Gasteiger partial charge in [0.2, 0.25) is 0 Å². The molecule has 2 aromatic rings. The average molecular weight is 364 g/mol. The summed E-state index contributed by atoms with van der Waals surface area (Å²) in [7, 11) is 0.